The molecule has 2 saturated heterocycles. The average Bonchev–Trinajstić information content (AvgIpc) is 3.40. The van der Waals surface area contributed by atoms with E-state index in [1.54, 1.807) is 46.7 Å². The van der Waals surface area contributed by atoms with Crippen molar-refractivity contribution < 1.29 is 13.2 Å². The second kappa shape index (κ2) is 7.81. The fourth-order valence-electron chi connectivity index (χ4n) is 3.82. The van der Waals surface area contributed by atoms with Crippen molar-refractivity contribution in [1.82, 2.24) is 14.2 Å². The van der Waals surface area contributed by atoms with Crippen molar-refractivity contribution in [3.8, 4) is 0 Å². The van der Waals surface area contributed by atoms with Crippen molar-refractivity contribution in [2.45, 2.75) is 30.7 Å². The van der Waals surface area contributed by atoms with Crippen molar-refractivity contribution in [3.05, 3.63) is 41.4 Å². The summed E-state index contributed by atoms with van der Waals surface area (Å²) in [5.41, 5.74) is 1.01. The summed E-state index contributed by atoms with van der Waals surface area (Å²) >= 11 is 1.59. The van der Waals surface area contributed by atoms with E-state index >= 15 is 0 Å². The molecule has 2 aliphatic heterocycles. The molecule has 1 aromatic heterocycles. The fourth-order valence-corrected chi connectivity index (χ4v) is 6.17. The van der Waals surface area contributed by atoms with Crippen LogP contribution < -0.4 is 4.90 Å². The molecule has 0 saturated carbocycles. The minimum Gasteiger partial charge on any atom is -0.345 e. The highest BCUT2D eigenvalue weighted by atomic mass is 32.2. The number of hydrogen-bond acceptors (Lipinski definition) is 6. The van der Waals surface area contributed by atoms with E-state index in [2.05, 4.69) is 9.88 Å². The largest absolute Gasteiger partial charge is 0.345 e. The van der Waals surface area contributed by atoms with Crippen molar-refractivity contribution >= 4 is 32.4 Å². The van der Waals surface area contributed by atoms with E-state index in [1.165, 1.54) is 4.31 Å². The maximum Gasteiger partial charge on any atom is 0.243 e. The number of nitrogens with zero attached hydrogens (tertiary/aromatic N) is 4. The standard InChI is InChI=1S/C19H24N4O3S2/c1-15-4-6-16(7-5-15)28(25,26)23-9-2-3-17(23)18(24)21-10-12-22(13-11-21)19-20-8-14-27-19/h4-8,14,17H,2-3,9-13H2,1H3/t17-/m0/s1. The molecule has 0 spiro atoms. The van der Waals surface area contributed by atoms with Gasteiger partial charge in [-0.05, 0) is 31.9 Å². The van der Waals surface area contributed by atoms with Gasteiger partial charge in [-0.2, -0.15) is 4.31 Å². The minimum atomic E-state index is -3.67. The minimum absolute atomic E-state index is 0.0769. The topological polar surface area (TPSA) is 73.8 Å². The SMILES string of the molecule is Cc1ccc(S(=O)(=O)N2CCC[C@H]2C(=O)N2CCN(c3nccs3)CC2)cc1. The van der Waals surface area contributed by atoms with E-state index in [9.17, 15) is 13.2 Å². The molecule has 2 fully saturated rings. The zero-order valence-electron chi connectivity index (χ0n) is 15.8. The van der Waals surface area contributed by atoms with Crippen LogP contribution in [0.3, 0.4) is 0 Å². The normalized spacial score (nSPS) is 21.2. The Morgan fingerprint density at radius 1 is 1.11 bits per heavy atom. The summed E-state index contributed by atoms with van der Waals surface area (Å²) in [7, 11) is -3.67. The first-order valence-corrected chi connectivity index (χ1v) is 11.8. The monoisotopic (exact) mass is 420 g/mol. The van der Waals surface area contributed by atoms with E-state index in [4.69, 9.17) is 0 Å². The summed E-state index contributed by atoms with van der Waals surface area (Å²) in [6.07, 6.45) is 3.07. The number of thiazole rings is 1. The molecule has 0 N–H and O–H groups in total. The number of anilines is 1. The van der Waals surface area contributed by atoms with Crippen molar-refractivity contribution in [2.75, 3.05) is 37.6 Å². The molecule has 0 aliphatic carbocycles. The van der Waals surface area contributed by atoms with Gasteiger partial charge in [-0.15, -0.1) is 11.3 Å². The second-order valence-electron chi connectivity index (χ2n) is 7.21. The first-order valence-electron chi connectivity index (χ1n) is 9.48. The summed E-state index contributed by atoms with van der Waals surface area (Å²) in [5, 5.41) is 2.91. The molecule has 2 aromatic rings. The predicted molar refractivity (Wildman–Crippen MR) is 109 cm³/mol. The maximum absolute atomic E-state index is 13.1. The molecule has 9 heteroatoms. The zero-order chi connectivity index (χ0) is 19.7. The van der Waals surface area contributed by atoms with Crippen LogP contribution in [0.4, 0.5) is 5.13 Å². The smallest absolute Gasteiger partial charge is 0.243 e. The highest BCUT2D eigenvalue weighted by Crippen LogP contribution is 2.28. The molecule has 1 aromatic carbocycles. The summed E-state index contributed by atoms with van der Waals surface area (Å²) < 4.78 is 27.6. The molecule has 28 heavy (non-hydrogen) atoms. The van der Waals surface area contributed by atoms with Crippen LogP contribution in [0.25, 0.3) is 0 Å². The number of piperazine rings is 1. The number of aryl methyl sites for hydroxylation is 1. The summed E-state index contributed by atoms with van der Waals surface area (Å²) in [4.78, 5) is 21.7. The summed E-state index contributed by atoms with van der Waals surface area (Å²) in [6, 6.07) is 6.22. The van der Waals surface area contributed by atoms with Crippen molar-refractivity contribution in [3.63, 3.8) is 0 Å². The van der Waals surface area contributed by atoms with Gasteiger partial charge >= 0.3 is 0 Å². The number of sulfonamides is 1. The molecule has 150 valence electrons. The van der Waals surface area contributed by atoms with E-state index < -0.39 is 16.1 Å². The molecular weight excluding hydrogens is 396 g/mol. The highest BCUT2D eigenvalue weighted by molar-refractivity contribution is 7.89. The van der Waals surface area contributed by atoms with Crippen LogP contribution in [0.5, 0.6) is 0 Å². The third-order valence-corrected chi connectivity index (χ3v) is 8.15. The van der Waals surface area contributed by atoms with Gasteiger partial charge in [0.15, 0.2) is 5.13 Å². The van der Waals surface area contributed by atoms with Gasteiger partial charge < -0.3 is 9.80 Å². The third kappa shape index (κ3) is 3.66. The number of hydrogen-bond donors (Lipinski definition) is 0. The molecule has 0 unspecified atom stereocenters. The molecule has 2 aliphatic rings. The summed E-state index contributed by atoms with van der Waals surface area (Å²) in [5.74, 6) is -0.0769. The number of carbonyl (C=O) groups excluding carboxylic acids is 1. The van der Waals surface area contributed by atoms with Crippen molar-refractivity contribution in [2.24, 2.45) is 0 Å². The zero-order valence-corrected chi connectivity index (χ0v) is 17.5. The molecule has 0 radical (unpaired) electrons. The first-order chi connectivity index (χ1) is 13.5. The van der Waals surface area contributed by atoms with Crippen LogP contribution in [0, 0.1) is 6.92 Å². The Hall–Kier alpha value is -1.97. The number of benzene rings is 1. The molecule has 7 nitrogen and oxygen atoms in total. The van der Waals surface area contributed by atoms with Gasteiger partial charge in [0.2, 0.25) is 15.9 Å². The Morgan fingerprint density at radius 2 is 1.82 bits per heavy atom. The van der Waals surface area contributed by atoms with Gasteiger partial charge in [0.25, 0.3) is 0 Å². The fraction of sp³-hybridized carbons (Fsp3) is 0.474. The van der Waals surface area contributed by atoms with Gasteiger partial charge in [0.1, 0.15) is 6.04 Å². The Labute approximate surface area is 169 Å². The predicted octanol–water partition coefficient (Wildman–Crippen LogP) is 1.95. The van der Waals surface area contributed by atoms with Gasteiger partial charge in [-0.1, -0.05) is 17.7 Å². The van der Waals surface area contributed by atoms with E-state index in [1.807, 2.05) is 12.3 Å². The number of amides is 1. The molecular formula is C19H24N4O3S2. The van der Waals surface area contributed by atoms with Gasteiger partial charge in [0, 0.05) is 44.3 Å². The van der Waals surface area contributed by atoms with Crippen LogP contribution in [0.2, 0.25) is 0 Å². The lowest BCUT2D eigenvalue weighted by atomic mass is 10.2. The second-order valence-corrected chi connectivity index (χ2v) is 9.98. The van der Waals surface area contributed by atoms with E-state index in [0.29, 0.717) is 32.5 Å². The van der Waals surface area contributed by atoms with Gasteiger partial charge in [-0.25, -0.2) is 13.4 Å². The third-order valence-electron chi connectivity index (χ3n) is 5.40. The number of carbonyl (C=O) groups is 1. The van der Waals surface area contributed by atoms with E-state index in [-0.39, 0.29) is 10.8 Å². The number of aromatic nitrogens is 1. The Balaban J connectivity index is 1.46. The first kappa shape index (κ1) is 19.4. The lowest BCUT2D eigenvalue weighted by Gasteiger charge is -2.37. The van der Waals surface area contributed by atoms with Crippen LogP contribution in [0.1, 0.15) is 18.4 Å². The molecule has 0 bridgehead atoms. The highest BCUT2D eigenvalue weighted by Gasteiger charge is 2.41. The summed E-state index contributed by atoms with van der Waals surface area (Å²) in [6.45, 7) is 4.93. The molecule has 3 heterocycles. The van der Waals surface area contributed by atoms with Crippen LogP contribution in [-0.2, 0) is 14.8 Å². The maximum atomic E-state index is 13.1. The average molecular weight is 421 g/mol. The Morgan fingerprint density at radius 3 is 2.46 bits per heavy atom. The van der Waals surface area contributed by atoms with Crippen LogP contribution in [-0.4, -0.2) is 67.3 Å². The molecule has 4 rings (SSSR count). The van der Waals surface area contributed by atoms with Crippen LogP contribution in [0.15, 0.2) is 40.7 Å². The van der Waals surface area contributed by atoms with Crippen molar-refractivity contribution in [1.29, 1.82) is 0 Å². The van der Waals surface area contributed by atoms with Gasteiger partial charge in [0.05, 0.1) is 4.90 Å². The Bertz CT molecular complexity index is 921. The lowest BCUT2D eigenvalue weighted by Crippen LogP contribution is -2.54. The van der Waals surface area contributed by atoms with E-state index in [0.717, 1.165) is 23.8 Å². The molecule has 1 atom stereocenters. The molecule has 1 amide bonds. The number of rotatable bonds is 4. The quantitative estimate of drug-likeness (QED) is 0.756. The lowest BCUT2D eigenvalue weighted by molar-refractivity contribution is -0.134. The van der Waals surface area contributed by atoms with Gasteiger partial charge in [-0.3, -0.25) is 4.79 Å². The van der Waals surface area contributed by atoms with Crippen LogP contribution >= 0.6 is 11.3 Å². The Kier molecular flexibility index (Phi) is 5.39.